The summed E-state index contributed by atoms with van der Waals surface area (Å²) in [5.41, 5.74) is 4.16. The zero-order valence-corrected chi connectivity index (χ0v) is 18.4. The van der Waals surface area contributed by atoms with Gasteiger partial charge in [-0.05, 0) is 48.7 Å². The average molecular weight is 458 g/mol. The van der Waals surface area contributed by atoms with Crippen LogP contribution in [0.2, 0.25) is 0 Å². The Morgan fingerprint density at radius 1 is 1.21 bits per heavy atom. The molecule has 3 heterocycles. The molecule has 1 aliphatic heterocycles. The van der Waals surface area contributed by atoms with Gasteiger partial charge >= 0.3 is 5.97 Å². The first-order valence-corrected chi connectivity index (χ1v) is 11.1. The van der Waals surface area contributed by atoms with Crippen LogP contribution in [0.1, 0.15) is 24.8 Å². The van der Waals surface area contributed by atoms with Crippen LogP contribution in [0.15, 0.2) is 47.0 Å². The summed E-state index contributed by atoms with van der Waals surface area (Å²) >= 11 is 0. The molecule has 10 heteroatoms. The van der Waals surface area contributed by atoms with E-state index in [0.29, 0.717) is 24.1 Å². The molecule has 172 valence electrons. The number of carbonyl (C=O) groups excluding carboxylic acids is 1. The number of aromatic nitrogens is 4. The second kappa shape index (κ2) is 7.68. The molecule has 0 spiro atoms. The van der Waals surface area contributed by atoms with Gasteiger partial charge < -0.3 is 24.4 Å². The van der Waals surface area contributed by atoms with E-state index in [1.165, 1.54) is 0 Å². The number of nitrogens with zero attached hydrogens (tertiary/aromatic N) is 5. The number of anilines is 1. The van der Waals surface area contributed by atoms with E-state index in [4.69, 9.17) is 4.52 Å². The summed E-state index contributed by atoms with van der Waals surface area (Å²) in [6.07, 6.45) is 1.63. The molecule has 34 heavy (non-hydrogen) atoms. The largest absolute Gasteiger partial charge is 0.481 e. The van der Waals surface area contributed by atoms with Gasteiger partial charge in [-0.1, -0.05) is 17.3 Å². The van der Waals surface area contributed by atoms with Gasteiger partial charge in [0.15, 0.2) is 5.82 Å². The molecule has 2 aromatic heterocycles. The van der Waals surface area contributed by atoms with Gasteiger partial charge in [0.1, 0.15) is 6.04 Å². The number of carboxylic acid groups (broad SMARTS) is 1. The Morgan fingerprint density at radius 2 is 2.03 bits per heavy atom. The quantitative estimate of drug-likeness (QED) is 0.467. The minimum absolute atomic E-state index is 0.143. The van der Waals surface area contributed by atoms with Crippen LogP contribution in [0.3, 0.4) is 0 Å². The molecule has 1 amide bonds. The zero-order chi connectivity index (χ0) is 23.4. The highest BCUT2D eigenvalue weighted by Crippen LogP contribution is 2.37. The van der Waals surface area contributed by atoms with Crippen LogP contribution >= 0.6 is 0 Å². The second-order valence-electron chi connectivity index (χ2n) is 8.79. The number of hydrogen-bond acceptors (Lipinski definition) is 7. The Labute approximate surface area is 194 Å². The molecule has 1 saturated carbocycles. The summed E-state index contributed by atoms with van der Waals surface area (Å²) in [5.74, 6) is 0.0823. The second-order valence-corrected chi connectivity index (χ2v) is 8.79. The Balaban J connectivity index is 1.35. The number of benzene rings is 2. The van der Waals surface area contributed by atoms with E-state index in [9.17, 15) is 14.7 Å². The smallest absolute Gasteiger partial charge is 0.305 e. The van der Waals surface area contributed by atoms with Gasteiger partial charge in [0.05, 0.1) is 17.5 Å². The molecule has 10 nitrogen and oxygen atoms in total. The fourth-order valence-corrected chi connectivity index (χ4v) is 4.56. The number of imidazole rings is 1. The van der Waals surface area contributed by atoms with Crippen LogP contribution in [0, 0.1) is 0 Å². The number of fused-ring (bicyclic) bond motifs is 2. The number of rotatable bonds is 5. The molecule has 0 radical (unpaired) electrons. The highest BCUT2D eigenvalue weighted by Gasteiger charge is 2.41. The summed E-state index contributed by atoms with van der Waals surface area (Å²) in [7, 11) is 1.77. The average Bonchev–Trinajstić information content (AvgIpc) is 3.40. The predicted octanol–water partition coefficient (Wildman–Crippen LogP) is 3.06. The van der Waals surface area contributed by atoms with Gasteiger partial charge in [0, 0.05) is 30.9 Å². The molecule has 2 N–H and O–H groups in total. The number of nitrogens with one attached hydrogen (secondary N) is 1. The summed E-state index contributed by atoms with van der Waals surface area (Å²) in [6.45, 7) is 0.414. The minimum atomic E-state index is -0.995. The van der Waals surface area contributed by atoms with E-state index < -0.39 is 12.0 Å². The highest BCUT2D eigenvalue weighted by molar-refractivity contribution is 5.91. The first-order chi connectivity index (χ1) is 16.5. The number of H-pyrrole nitrogens is 1. The number of aromatic amines is 1. The van der Waals surface area contributed by atoms with Crippen LogP contribution in [0.25, 0.3) is 34.1 Å². The van der Waals surface area contributed by atoms with Gasteiger partial charge in [0.25, 0.3) is 5.89 Å². The highest BCUT2D eigenvalue weighted by atomic mass is 16.5. The number of para-hydroxylation sites is 2. The minimum Gasteiger partial charge on any atom is -0.481 e. The van der Waals surface area contributed by atoms with Crippen LogP contribution in [0.4, 0.5) is 5.69 Å². The van der Waals surface area contributed by atoms with Crippen LogP contribution in [0.5, 0.6) is 0 Å². The van der Waals surface area contributed by atoms with Gasteiger partial charge in [-0.2, -0.15) is 4.98 Å². The van der Waals surface area contributed by atoms with Crippen LogP contribution in [-0.4, -0.2) is 61.1 Å². The molecule has 2 aromatic carbocycles. The van der Waals surface area contributed by atoms with Crippen molar-refractivity contribution in [1.29, 1.82) is 0 Å². The lowest BCUT2D eigenvalue weighted by Crippen LogP contribution is -2.46. The van der Waals surface area contributed by atoms with Crippen molar-refractivity contribution < 1.29 is 19.2 Å². The molecule has 1 atom stereocenters. The Bertz CT molecular complexity index is 1390. The monoisotopic (exact) mass is 458 g/mol. The number of carboxylic acids is 1. The molecule has 0 saturated heterocycles. The van der Waals surface area contributed by atoms with E-state index in [1.807, 2.05) is 47.4 Å². The lowest BCUT2D eigenvalue weighted by molar-refractivity contribution is -0.142. The maximum Gasteiger partial charge on any atom is 0.305 e. The first-order valence-electron chi connectivity index (χ1n) is 11.1. The molecule has 0 bridgehead atoms. The van der Waals surface area contributed by atoms with E-state index in [1.54, 1.807) is 11.9 Å². The topological polar surface area (TPSA) is 128 Å². The Kier molecular flexibility index (Phi) is 4.61. The van der Waals surface area contributed by atoms with Crippen molar-refractivity contribution >= 4 is 28.6 Å². The molecule has 1 fully saturated rings. The molecular weight excluding hydrogens is 436 g/mol. The molecule has 6 rings (SSSR count). The summed E-state index contributed by atoms with van der Waals surface area (Å²) in [4.78, 5) is 40.5. The van der Waals surface area contributed by atoms with Gasteiger partial charge in [0.2, 0.25) is 11.7 Å². The predicted molar refractivity (Wildman–Crippen MR) is 123 cm³/mol. The van der Waals surface area contributed by atoms with Crippen LogP contribution in [-0.2, 0) is 16.1 Å². The number of hydrogen-bond donors (Lipinski definition) is 2. The summed E-state index contributed by atoms with van der Waals surface area (Å²) in [5, 5.41) is 13.5. The summed E-state index contributed by atoms with van der Waals surface area (Å²) < 4.78 is 5.54. The molecule has 1 unspecified atom stereocenters. The van der Waals surface area contributed by atoms with Crippen molar-refractivity contribution in [3.8, 4) is 23.1 Å². The standard InChI is InChI=1S/C24H22N6O4/c1-29-18-9-6-13(10-14(18)12-30(15-7-8-15)24(33)19(29)11-20(31)32)23-27-22(28-34-23)21-25-16-4-2-3-5-17(16)26-21/h2-6,9-10,15,19H,7-8,11-12H2,1H3,(H,25,26)(H,31,32). The number of carbonyl (C=O) groups is 2. The van der Waals surface area contributed by atoms with Crippen LogP contribution < -0.4 is 4.90 Å². The molecular formula is C24H22N6O4. The fraction of sp³-hybridized carbons (Fsp3) is 0.292. The number of likely N-dealkylation sites (N-methyl/N-ethyl adjacent to an activating group) is 1. The maximum absolute atomic E-state index is 13.2. The lowest BCUT2D eigenvalue weighted by atomic mass is 10.1. The van der Waals surface area contributed by atoms with Gasteiger partial charge in [-0.25, -0.2) is 4.98 Å². The third-order valence-electron chi connectivity index (χ3n) is 6.47. The van der Waals surface area contributed by atoms with Crippen molar-refractivity contribution in [2.24, 2.45) is 0 Å². The van der Waals surface area contributed by atoms with Gasteiger partial charge in [-0.15, -0.1) is 0 Å². The molecule has 4 aromatic rings. The SMILES string of the molecule is CN1c2ccc(-c3nc(-c4nc5ccccc5[nH]4)no3)cc2CN(C2CC2)C(=O)C1CC(=O)O. The molecule has 1 aliphatic carbocycles. The normalized spacial score (nSPS) is 18.3. The van der Waals surface area contributed by atoms with E-state index in [2.05, 4.69) is 20.1 Å². The third-order valence-corrected chi connectivity index (χ3v) is 6.47. The van der Waals surface area contributed by atoms with Gasteiger partial charge in [-0.3, -0.25) is 9.59 Å². The van der Waals surface area contributed by atoms with Crippen molar-refractivity contribution in [1.82, 2.24) is 25.0 Å². The van der Waals surface area contributed by atoms with E-state index in [0.717, 1.165) is 40.7 Å². The van der Waals surface area contributed by atoms with Crippen molar-refractivity contribution in [2.75, 3.05) is 11.9 Å². The fourth-order valence-electron chi connectivity index (χ4n) is 4.56. The van der Waals surface area contributed by atoms with Crippen molar-refractivity contribution in [2.45, 2.75) is 37.9 Å². The third kappa shape index (κ3) is 3.47. The molecule has 2 aliphatic rings. The van der Waals surface area contributed by atoms with E-state index >= 15 is 0 Å². The number of aliphatic carboxylic acids is 1. The van der Waals surface area contributed by atoms with Crippen molar-refractivity contribution in [3.05, 3.63) is 48.0 Å². The summed E-state index contributed by atoms with van der Waals surface area (Å²) in [6, 6.07) is 12.8. The Morgan fingerprint density at radius 3 is 2.79 bits per heavy atom. The first kappa shape index (κ1) is 20.4. The number of amides is 1. The van der Waals surface area contributed by atoms with E-state index in [-0.39, 0.29) is 18.4 Å². The maximum atomic E-state index is 13.2. The zero-order valence-electron chi connectivity index (χ0n) is 18.4. The van der Waals surface area contributed by atoms with Crippen molar-refractivity contribution in [3.63, 3.8) is 0 Å². The lowest BCUT2D eigenvalue weighted by Gasteiger charge is -2.28. The Hall–Kier alpha value is -4.21.